The molecule has 0 saturated heterocycles. The fourth-order valence-corrected chi connectivity index (χ4v) is 1.71. The summed E-state index contributed by atoms with van der Waals surface area (Å²) in [6, 6.07) is 8.78. The normalized spacial score (nSPS) is 13.4. The standard InChI is InChI=1S/C14H24N2/c1-11(2)14(15)10-16(4)9-13-8-6-5-7-12(13)3/h5-8,11,14H,9-10,15H2,1-4H3. The Morgan fingerprint density at radius 1 is 1.25 bits per heavy atom. The monoisotopic (exact) mass is 220 g/mol. The van der Waals surface area contributed by atoms with Crippen molar-refractivity contribution in [3.63, 3.8) is 0 Å². The molecule has 1 aromatic carbocycles. The molecule has 2 nitrogen and oxygen atoms in total. The molecule has 2 heteroatoms. The largest absolute Gasteiger partial charge is 0.326 e. The SMILES string of the molecule is Cc1ccccc1CN(C)CC(N)C(C)C. The van der Waals surface area contributed by atoms with Gasteiger partial charge in [-0.25, -0.2) is 0 Å². The molecule has 1 aromatic rings. The van der Waals surface area contributed by atoms with Crippen molar-refractivity contribution in [2.75, 3.05) is 13.6 Å². The summed E-state index contributed by atoms with van der Waals surface area (Å²) in [6.07, 6.45) is 0. The van der Waals surface area contributed by atoms with Gasteiger partial charge in [0.15, 0.2) is 0 Å². The van der Waals surface area contributed by atoms with Gasteiger partial charge in [-0.2, -0.15) is 0 Å². The second kappa shape index (κ2) is 6.02. The van der Waals surface area contributed by atoms with Crippen LogP contribution in [-0.2, 0) is 6.54 Å². The number of nitrogens with two attached hydrogens (primary N) is 1. The molecule has 90 valence electrons. The van der Waals surface area contributed by atoms with Gasteiger partial charge in [-0.15, -0.1) is 0 Å². The summed E-state index contributed by atoms with van der Waals surface area (Å²) in [5.41, 5.74) is 8.81. The maximum atomic E-state index is 6.07. The van der Waals surface area contributed by atoms with Crippen LogP contribution in [0.15, 0.2) is 24.3 Å². The molecular formula is C14H24N2. The van der Waals surface area contributed by atoms with Crippen LogP contribution >= 0.6 is 0 Å². The van der Waals surface area contributed by atoms with Gasteiger partial charge in [0.1, 0.15) is 0 Å². The molecule has 0 heterocycles. The lowest BCUT2D eigenvalue weighted by molar-refractivity contribution is 0.276. The molecule has 0 fully saturated rings. The molecule has 0 saturated carbocycles. The van der Waals surface area contributed by atoms with Crippen LogP contribution in [0.25, 0.3) is 0 Å². The summed E-state index contributed by atoms with van der Waals surface area (Å²) in [5.74, 6) is 0.541. The molecule has 2 N–H and O–H groups in total. The third-order valence-electron chi connectivity index (χ3n) is 3.08. The van der Waals surface area contributed by atoms with Crippen molar-refractivity contribution in [3.05, 3.63) is 35.4 Å². The van der Waals surface area contributed by atoms with Crippen molar-refractivity contribution < 1.29 is 0 Å². The predicted octanol–water partition coefficient (Wildman–Crippen LogP) is 2.41. The Morgan fingerprint density at radius 2 is 1.88 bits per heavy atom. The second-order valence-electron chi connectivity index (χ2n) is 5.03. The summed E-state index contributed by atoms with van der Waals surface area (Å²) < 4.78 is 0. The highest BCUT2D eigenvalue weighted by molar-refractivity contribution is 5.25. The molecule has 0 radical (unpaired) electrons. The highest BCUT2D eigenvalue weighted by Gasteiger charge is 2.11. The van der Waals surface area contributed by atoms with E-state index < -0.39 is 0 Å². The van der Waals surface area contributed by atoms with Gasteiger partial charge < -0.3 is 10.6 Å². The van der Waals surface area contributed by atoms with Gasteiger partial charge in [-0.1, -0.05) is 38.1 Å². The third-order valence-corrected chi connectivity index (χ3v) is 3.08. The van der Waals surface area contributed by atoms with Gasteiger partial charge in [0.05, 0.1) is 0 Å². The highest BCUT2D eigenvalue weighted by Crippen LogP contribution is 2.10. The van der Waals surface area contributed by atoms with Crippen LogP contribution in [0.2, 0.25) is 0 Å². The van der Waals surface area contributed by atoms with Crippen LogP contribution < -0.4 is 5.73 Å². The molecule has 0 aromatic heterocycles. The van der Waals surface area contributed by atoms with E-state index in [9.17, 15) is 0 Å². The van der Waals surface area contributed by atoms with Crippen molar-refractivity contribution >= 4 is 0 Å². The van der Waals surface area contributed by atoms with Gasteiger partial charge in [-0.05, 0) is 31.0 Å². The number of aryl methyl sites for hydroxylation is 1. The number of rotatable bonds is 5. The lowest BCUT2D eigenvalue weighted by Crippen LogP contribution is -2.38. The molecule has 1 rings (SSSR count). The molecule has 1 unspecified atom stereocenters. The first kappa shape index (κ1) is 13.2. The minimum atomic E-state index is 0.258. The number of hydrogen-bond acceptors (Lipinski definition) is 2. The van der Waals surface area contributed by atoms with Crippen molar-refractivity contribution in [2.24, 2.45) is 11.7 Å². The van der Waals surface area contributed by atoms with Crippen LogP contribution in [0.4, 0.5) is 0 Å². The first-order chi connectivity index (χ1) is 7.50. The van der Waals surface area contributed by atoms with E-state index >= 15 is 0 Å². The second-order valence-corrected chi connectivity index (χ2v) is 5.03. The zero-order valence-electron chi connectivity index (χ0n) is 10.9. The molecular weight excluding hydrogens is 196 g/mol. The van der Waals surface area contributed by atoms with Crippen molar-refractivity contribution in [1.82, 2.24) is 4.90 Å². The van der Waals surface area contributed by atoms with Crippen LogP contribution in [0, 0.1) is 12.8 Å². The fourth-order valence-electron chi connectivity index (χ4n) is 1.71. The maximum absolute atomic E-state index is 6.07. The van der Waals surface area contributed by atoms with E-state index in [1.54, 1.807) is 0 Å². The minimum absolute atomic E-state index is 0.258. The summed E-state index contributed by atoms with van der Waals surface area (Å²) in [6.45, 7) is 8.43. The molecule has 16 heavy (non-hydrogen) atoms. The molecule has 0 spiro atoms. The first-order valence-corrected chi connectivity index (χ1v) is 5.99. The topological polar surface area (TPSA) is 29.3 Å². The van der Waals surface area contributed by atoms with Gasteiger partial charge >= 0.3 is 0 Å². The number of likely N-dealkylation sites (N-methyl/N-ethyl adjacent to an activating group) is 1. The van der Waals surface area contributed by atoms with Crippen LogP contribution in [0.1, 0.15) is 25.0 Å². The number of nitrogens with zero attached hydrogens (tertiary/aromatic N) is 1. The van der Waals surface area contributed by atoms with Crippen molar-refractivity contribution in [2.45, 2.75) is 33.4 Å². The number of hydrogen-bond donors (Lipinski definition) is 1. The lowest BCUT2D eigenvalue weighted by atomic mass is 10.0. The Morgan fingerprint density at radius 3 is 2.44 bits per heavy atom. The van der Waals surface area contributed by atoms with E-state index in [2.05, 4.69) is 57.0 Å². The highest BCUT2D eigenvalue weighted by atomic mass is 15.1. The molecule has 0 aliphatic rings. The van der Waals surface area contributed by atoms with Crippen LogP contribution in [0.3, 0.4) is 0 Å². The zero-order chi connectivity index (χ0) is 12.1. The molecule has 0 amide bonds. The average Bonchev–Trinajstić information content (AvgIpc) is 2.21. The van der Waals surface area contributed by atoms with E-state index in [0.29, 0.717) is 5.92 Å². The third kappa shape index (κ3) is 3.95. The summed E-state index contributed by atoms with van der Waals surface area (Å²) >= 11 is 0. The summed E-state index contributed by atoms with van der Waals surface area (Å²) in [4.78, 5) is 2.30. The Hall–Kier alpha value is -0.860. The van der Waals surface area contributed by atoms with Gasteiger partial charge in [0.25, 0.3) is 0 Å². The van der Waals surface area contributed by atoms with Gasteiger partial charge in [0, 0.05) is 19.1 Å². The smallest absolute Gasteiger partial charge is 0.0233 e. The molecule has 0 aliphatic heterocycles. The van der Waals surface area contributed by atoms with Gasteiger partial charge in [-0.3, -0.25) is 0 Å². The maximum Gasteiger partial charge on any atom is 0.0233 e. The summed E-state index contributed by atoms with van der Waals surface area (Å²) in [5, 5.41) is 0. The fraction of sp³-hybridized carbons (Fsp3) is 0.571. The minimum Gasteiger partial charge on any atom is -0.326 e. The Kier molecular flexibility index (Phi) is 4.97. The van der Waals surface area contributed by atoms with Crippen molar-refractivity contribution in [1.29, 1.82) is 0 Å². The quantitative estimate of drug-likeness (QED) is 0.825. The predicted molar refractivity (Wildman–Crippen MR) is 70.3 cm³/mol. The van der Waals surface area contributed by atoms with Crippen LogP contribution in [0.5, 0.6) is 0 Å². The average molecular weight is 220 g/mol. The van der Waals surface area contributed by atoms with E-state index in [1.165, 1.54) is 11.1 Å². The first-order valence-electron chi connectivity index (χ1n) is 5.99. The van der Waals surface area contributed by atoms with Gasteiger partial charge in [0.2, 0.25) is 0 Å². The summed E-state index contributed by atoms with van der Waals surface area (Å²) in [7, 11) is 2.13. The van der Waals surface area contributed by atoms with Crippen LogP contribution in [-0.4, -0.2) is 24.5 Å². The van der Waals surface area contributed by atoms with E-state index in [4.69, 9.17) is 5.73 Å². The Labute approximate surface area is 99.5 Å². The molecule has 1 atom stereocenters. The van der Waals surface area contributed by atoms with Crippen molar-refractivity contribution in [3.8, 4) is 0 Å². The molecule has 0 aliphatic carbocycles. The number of benzene rings is 1. The van der Waals surface area contributed by atoms with E-state index in [1.807, 2.05) is 0 Å². The Bertz CT molecular complexity index is 320. The van der Waals surface area contributed by atoms with E-state index in [0.717, 1.165) is 13.1 Å². The zero-order valence-corrected chi connectivity index (χ0v) is 10.9. The molecule has 0 bridgehead atoms. The lowest BCUT2D eigenvalue weighted by Gasteiger charge is -2.24. The van der Waals surface area contributed by atoms with E-state index in [-0.39, 0.29) is 6.04 Å². The Balaban J connectivity index is 2.52.